The van der Waals surface area contributed by atoms with E-state index in [4.69, 9.17) is 9.15 Å². The number of oxazole rings is 1. The van der Waals surface area contributed by atoms with E-state index in [0.717, 1.165) is 16.8 Å². The number of hydrogen-bond acceptors (Lipinski definition) is 7. The summed E-state index contributed by atoms with van der Waals surface area (Å²) in [5.74, 6) is 1.85. The van der Waals surface area contributed by atoms with Gasteiger partial charge in [0, 0.05) is 70.2 Å². The molecule has 4 rings (SSSR count). The molecule has 9 heteroatoms. The van der Waals surface area contributed by atoms with E-state index in [1.54, 1.807) is 42.4 Å². The monoisotopic (exact) mass is 477 g/mol. The van der Waals surface area contributed by atoms with Gasteiger partial charge in [-0.15, -0.1) is 0 Å². The third kappa shape index (κ3) is 5.79. The van der Waals surface area contributed by atoms with E-state index in [1.165, 1.54) is 0 Å². The molecule has 184 valence electrons. The fourth-order valence-corrected chi connectivity index (χ4v) is 4.21. The summed E-state index contributed by atoms with van der Waals surface area (Å²) in [7, 11) is 1.62. The van der Waals surface area contributed by atoms with Gasteiger partial charge >= 0.3 is 0 Å². The van der Waals surface area contributed by atoms with Gasteiger partial charge in [0.15, 0.2) is 11.7 Å². The van der Waals surface area contributed by atoms with Crippen molar-refractivity contribution in [1.82, 2.24) is 19.8 Å². The molecule has 1 aliphatic rings. The molecule has 2 amide bonds. The van der Waals surface area contributed by atoms with Gasteiger partial charge in [-0.1, -0.05) is 0 Å². The fourth-order valence-electron chi connectivity index (χ4n) is 4.21. The molecule has 0 aliphatic carbocycles. The number of anilines is 1. The standard InChI is InChI=1S/C26H31N5O4/c1-4-29(17-20-7-10-27-11-8-20)26(33)18-31-14-13-30(12-9-25(31)32)21-5-6-22(23(15-21)34-3)24-16-28-19(2)35-24/h5-8,10-11,15-16H,4,9,12-14,17-18H2,1-3H3. The van der Waals surface area contributed by atoms with Crippen LogP contribution in [-0.4, -0.2) is 71.4 Å². The zero-order chi connectivity index (χ0) is 24.8. The van der Waals surface area contributed by atoms with Crippen molar-refractivity contribution in [1.29, 1.82) is 0 Å². The van der Waals surface area contributed by atoms with Crippen LogP contribution in [0.2, 0.25) is 0 Å². The van der Waals surface area contributed by atoms with Gasteiger partial charge in [0.2, 0.25) is 11.8 Å². The van der Waals surface area contributed by atoms with Gasteiger partial charge in [0.25, 0.3) is 0 Å². The molecule has 0 spiro atoms. The zero-order valence-corrected chi connectivity index (χ0v) is 20.4. The van der Waals surface area contributed by atoms with Crippen molar-refractivity contribution in [2.75, 3.05) is 44.7 Å². The van der Waals surface area contributed by atoms with E-state index in [-0.39, 0.29) is 18.4 Å². The minimum Gasteiger partial charge on any atom is -0.496 e. The smallest absolute Gasteiger partial charge is 0.242 e. The summed E-state index contributed by atoms with van der Waals surface area (Å²) >= 11 is 0. The Balaban J connectivity index is 1.42. The van der Waals surface area contributed by atoms with Crippen LogP contribution in [0.15, 0.2) is 53.3 Å². The van der Waals surface area contributed by atoms with Gasteiger partial charge in [-0.05, 0) is 36.8 Å². The first-order chi connectivity index (χ1) is 17.0. The van der Waals surface area contributed by atoms with Crippen LogP contribution in [0.3, 0.4) is 0 Å². The number of amides is 2. The maximum absolute atomic E-state index is 13.0. The van der Waals surface area contributed by atoms with Gasteiger partial charge in [-0.2, -0.15) is 0 Å². The molecule has 3 aromatic rings. The number of pyridine rings is 1. The lowest BCUT2D eigenvalue weighted by Crippen LogP contribution is -2.43. The minimum atomic E-state index is -0.0560. The normalized spacial score (nSPS) is 14.1. The van der Waals surface area contributed by atoms with E-state index >= 15 is 0 Å². The highest BCUT2D eigenvalue weighted by Crippen LogP contribution is 2.34. The predicted molar refractivity (Wildman–Crippen MR) is 132 cm³/mol. The minimum absolute atomic E-state index is 0.0125. The molecule has 35 heavy (non-hydrogen) atoms. The second-order valence-electron chi connectivity index (χ2n) is 8.44. The molecule has 0 radical (unpaired) electrons. The van der Waals surface area contributed by atoms with Crippen molar-refractivity contribution in [3.8, 4) is 17.1 Å². The highest BCUT2D eigenvalue weighted by Gasteiger charge is 2.25. The van der Waals surface area contributed by atoms with Crippen LogP contribution in [0.25, 0.3) is 11.3 Å². The summed E-state index contributed by atoms with van der Waals surface area (Å²) in [5, 5.41) is 0. The number of aryl methyl sites for hydroxylation is 1. The van der Waals surface area contributed by atoms with Crippen molar-refractivity contribution in [2.24, 2.45) is 0 Å². The number of carbonyl (C=O) groups excluding carboxylic acids is 2. The second kappa shape index (κ2) is 11.0. The van der Waals surface area contributed by atoms with Gasteiger partial charge in [-0.3, -0.25) is 14.6 Å². The maximum atomic E-state index is 13.0. The van der Waals surface area contributed by atoms with Crippen molar-refractivity contribution >= 4 is 17.5 Å². The maximum Gasteiger partial charge on any atom is 0.242 e. The van der Waals surface area contributed by atoms with Crippen molar-refractivity contribution in [3.63, 3.8) is 0 Å². The molecule has 0 saturated carbocycles. The molecule has 2 aromatic heterocycles. The molecule has 0 unspecified atom stereocenters. The molecule has 0 atom stereocenters. The SMILES string of the molecule is CCN(Cc1ccncc1)C(=O)CN1CCN(c2ccc(-c3cnc(C)o3)c(OC)c2)CCC1=O. The molecule has 1 saturated heterocycles. The Morgan fingerprint density at radius 1 is 1.17 bits per heavy atom. The van der Waals surface area contributed by atoms with Crippen molar-refractivity contribution in [2.45, 2.75) is 26.8 Å². The Labute approximate surface area is 205 Å². The third-order valence-electron chi connectivity index (χ3n) is 6.21. The largest absolute Gasteiger partial charge is 0.496 e. The quantitative estimate of drug-likeness (QED) is 0.492. The second-order valence-corrected chi connectivity index (χ2v) is 8.44. The number of rotatable bonds is 8. The van der Waals surface area contributed by atoms with Crippen LogP contribution in [0, 0.1) is 6.92 Å². The number of ether oxygens (including phenoxy) is 1. The first kappa shape index (κ1) is 24.3. The van der Waals surface area contributed by atoms with Crippen molar-refractivity contribution in [3.05, 3.63) is 60.4 Å². The Kier molecular flexibility index (Phi) is 7.64. The Morgan fingerprint density at radius 2 is 1.97 bits per heavy atom. The number of methoxy groups -OCH3 is 1. The van der Waals surface area contributed by atoms with E-state index < -0.39 is 0 Å². The molecule has 0 N–H and O–H groups in total. The molecule has 1 aliphatic heterocycles. The summed E-state index contributed by atoms with van der Waals surface area (Å²) in [4.78, 5) is 39.6. The van der Waals surface area contributed by atoms with Gasteiger partial charge < -0.3 is 23.9 Å². The number of aromatic nitrogens is 2. The fraction of sp³-hybridized carbons (Fsp3) is 0.385. The summed E-state index contributed by atoms with van der Waals surface area (Å²) in [6.07, 6.45) is 5.46. The summed E-state index contributed by atoms with van der Waals surface area (Å²) in [5.41, 5.74) is 2.79. The summed E-state index contributed by atoms with van der Waals surface area (Å²) < 4.78 is 11.3. The van der Waals surface area contributed by atoms with Crippen molar-refractivity contribution < 1.29 is 18.7 Å². The Hall–Kier alpha value is -3.88. The lowest BCUT2D eigenvalue weighted by molar-refractivity contribution is -0.140. The average Bonchev–Trinajstić information content (AvgIpc) is 3.23. The predicted octanol–water partition coefficient (Wildman–Crippen LogP) is 3.14. The summed E-state index contributed by atoms with van der Waals surface area (Å²) in [6.45, 7) is 6.58. The lowest BCUT2D eigenvalue weighted by Gasteiger charge is -2.27. The number of benzene rings is 1. The van der Waals surface area contributed by atoms with Crippen LogP contribution < -0.4 is 9.64 Å². The lowest BCUT2D eigenvalue weighted by atomic mass is 10.1. The van der Waals surface area contributed by atoms with E-state index in [9.17, 15) is 9.59 Å². The molecule has 1 fully saturated rings. The number of nitrogens with zero attached hydrogens (tertiary/aromatic N) is 5. The van der Waals surface area contributed by atoms with E-state index in [0.29, 0.717) is 56.5 Å². The summed E-state index contributed by atoms with van der Waals surface area (Å²) in [6, 6.07) is 9.68. The highest BCUT2D eigenvalue weighted by atomic mass is 16.5. The van der Waals surface area contributed by atoms with Crippen LogP contribution in [0.1, 0.15) is 24.8 Å². The van der Waals surface area contributed by atoms with Crippen LogP contribution in [-0.2, 0) is 16.1 Å². The molecule has 1 aromatic carbocycles. The molecule has 9 nitrogen and oxygen atoms in total. The van der Waals surface area contributed by atoms with Gasteiger partial charge in [0.05, 0.1) is 25.4 Å². The van der Waals surface area contributed by atoms with E-state index in [2.05, 4.69) is 14.9 Å². The number of hydrogen-bond donors (Lipinski definition) is 0. The average molecular weight is 478 g/mol. The Bertz CT molecular complexity index is 1160. The highest BCUT2D eigenvalue weighted by molar-refractivity contribution is 5.85. The van der Waals surface area contributed by atoms with Crippen LogP contribution in [0.4, 0.5) is 5.69 Å². The van der Waals surface area contributed by atoms with Crippen LogP contribution >= 0.6 is 0 Å². The first-order valence-electron chi connectivity index (χ1n) is 11.8. The third-order valence-corrected chi connectivity index (χ3v) is 6.21. The zero-order valence-electron chi connectivity index (χ0n) is 20.4. The topological polar surface area (TPSA) is 92.0 Å². The van der Waals surface area contributed by atoms with E-state index in [1.807, 2.05) is 37.3 Å². The molecule has 3 heterocycles. The van der Waals surface area contributed by atoms with Crippen LogP contribution in [0.5, 0.6) is 5.75 Å². The number of carbonyl (C=O) groups is 2. The van der Waals surface area contributed by atoms with Gasteiger partial charge in [-0.25, -0.2) is 4.98 Å². The Morgan fingerprint density at radius 3 is 2.66 bits per heavy atom. The first-order valence-corrected chi connectivity index (χ1v) is 11.8. The molecular formula is C26H31N5O4. The molecular weight excluding hydrogens is 446 g/mol. The number of likely N-dealkylation sites (N-methyl/N-ethyl adjacent to an activating group) is 1. The molecule has 0 bridgehead atoms. The van der Waals surface area contributed by atoms with Gasteiger partial charge in [0.1, 0.15) is 5.75 Å².